The van der Waals surface area contributed by atoms with E-state index < -0.39 is 5.97 Å². The third kappa shape index (κ3) is 3.36. The number of benzene rings is 2. The second-order valence-electron chi connectivity index (χ2n) is 6.32. The Labute approximate surface area is 161 Å². The molecule has 2 aromatic carbocycles. The molecule has 0 radical (unpaired) electrons. The third-order valence-electron chi connectivity index (χ3n) is 4.55. The van der Waals surface area contributed by atoms with E-state index in [0.717, 1.165) is 21.9 Å². The van der Waals surface area contributed by atoms with Crippen LogP contribution in [0.5, 0.6) is 0 Å². The van der Waals surface area contributed by atoms with Crippen molar-refractivity contribution in [2.75, 3.05) is 6.61 Å². The molecule has 6 heteroatoms. The molecule has 0 bridgehead atoms. The van der Waals surface area contributed by atoms with Gasteiger partial charge >= 0.3 is 11.9 Å². The van der Waals surface area contributed by atoms with Gasteiger partial charge in [-0.1, -0.05) is 36.4 Å². The van der Waals surface area contributed by atoms with Gasteiger partial charge in [0.05, 0.1) is 18.6 Å². The molecular formula is C22H19NO5. The van der Waals surface area contributed by atoms with E-state index in [0.29, 0.717) is 11.1 Å². The predicted octanol–water partition coefficient (Wildman–Crippen LogP) is 4.38. The largest absolute Gasteiger partial charge is 0.460 e. The summed E-state index contributed by atoms with van der Waals surface area (Å²) in [6.45, 7) is 1.89. The van der Waals surface area contributed by atoms with Crippen molar-refractivity contribution in [2.24, 2.45) is 0 Å². The van der Waals surface area contributed by atoms with Crippen LogP contribution in [0.15, 0.2) is 59.1 Å². The number of fused-ring (bicyclic) bond motifs is 2. The highest BCUT2D eigenvalue weighted by molar-refractivity contribution is 5.96. The van der Waals surface area contributed by atoms with Gasteiger partial charge in [0, 0.05) is 22.5 Å². The van der Waals surface area contributed by atoms with Gasteiger partial charge < -0.3 is 18.9 Å². The van der Waals surface area contributed by atoms with Gasteiger partial charge in [-0.25, -0.2) is 4.79 Å². The van der Waals surface area contributed by atoms with E-state index in [1.54, 1.807) is 13.0 Å². The molecule has 28 heavy (non-hydrogen) atoms. The van der Waals surface area contributed by atoms with Gasteiger partial charge in [-0.15, -0.1) is 0 Å². The highest BCUT2D eigenvalue weighted by atomic mass is 16.5. The molecule has 2 heterocycles. The van der Waals surface area contributed by atoms with E-state index in [-0.39, 0.29) is 31.4 Å². The standard InChI is InChI=1S/C22H19NO5/c1-2-26-22(25)21-17(16-8-4-6-10-19(16)28-21)13-27-20(24)11-14-12-23-18-9-5-3-7-15(14)18/h3-10,12,23H,2,11,13H2,1H3. The average Bonchev–Trinajstić information content (AvgIpc) is 3.28. The monoisotopic (exact) mass is 377 g/mol. The van der Waals surface area contributed by atoms with Gasteiger partial charge in [0.2, 0.25) is 5.76 Å². The van der Waals surface area contributed by atoms with Crippen molar-refractivity contribution in [1.29, 1.82) is 0 Å². The summed E-state index contributed by atoms with van der Waals surface area (Å²) < 4.78 is 16.2. The van der Waals surface area contributed by atoms with Crippen LogP contribution in [-0.2, 0) is 27.3 Å². The number of rotatable bonds is 6. The summed E-state index contributed by atoms with van der Waals surface area (Å²) >= 11 is 0. The number of hydrogen-bond donors (Lipinski definition) is 1. The molecule has 4 aromatic rings. The lowest BCUT2D eigenvalue weighted by atomic mass is 10.1. The number of carbonyl (C=O) groups excluding carboxylic acids is 2. The highest BCUT2D eigenvalue weighted by Crippen LogP contribution is 2.27. The van der Waals surface area contributed by atoms with Crippen LogP contribution >= 0.6 is 0 Å². The number of furan rings is 1. The molecule has 1 N–H and O–H groups in total. The average molecular weight is 377 g/mol. The smallest absolute Gasteiger partial charge is 0.374 e. The first-order chi connectivity index (χ1) is 13.7. The van der Waals surface area contributed by atoms with E-state index in [9.17, 15) is 9.59 Å². The first-order valence-electron chi connectivity index (χ1n) is 9.05. The lowest BCUT2D eigenvalue weighted by Gasteiger charge is -2.06. The van der Waals surface area contributed by atoms with Crippen LogP contribution in [0.1, 0.15) is 28.6 Å². The fraction of sp³-hybridized carbons (Fsp3) is 0.182. The van der Waals surface area contributed by atoms with Crippen LogP contribution in [0.25, 0.3) is 21.9 Å². The number of esters is 2. The van der Waals surface area contributed by atoms with Crippen molar-refractivity contribution in [2.45, 2.75) is 20.0 Å². The van der Waals surface area contributed by atoms with Crippen molar-refractivity contribution in [3.05, 3.63) is 71.6 Å². The van der Waals surface area contributed by atoms with Crippen molar-refractivity contribution >= 4 is 33.8 Å². The van der Waals surface area contributed by atoms with Crippen molar-refractivity contribution < 1.29 is 23.5 Å². The zero-order valence-corrected chi connectivity index (χ0v) is 15.4. The maximum absolute atomic E-state index is 12.4. The van der Waals surface area contributed by atoms with Crippen molar-refractivity contribution in [3.8, 4) is 0 Å². The van der Waals surface area contributed by atoms with Crippen LogP contribution in [-0.4, -0.2) is 23.5 Å². The zero-order valence-electron chi connectivity index (χ0n) is 15.4. The van der Waals surface area contributed by atoms with Gasteiger partial charge in [0.1, 0.15) is 12.2 Å². The molecule has 0 saturated carbocycles. The zero-order chi connectivity index (χ0) is 19.5. The van der Waals surface area contributed by atoms with Gasteiger partial charge in [0.25, 0.3) is 0 Å². The van der Waals surface area contributed by atoms with E-state index in [4.69, 9.17) is 13.9 Å². The lowest BCUT2D eigenvalue weighted by Crippen LogP contribution is -2.11. The summed E-state index contributed by atoms with van der Waals surface area (Å²) in [5, 5.41) is 1.71. The van der Waals surface area contributed by atoms with E-state index in [2.05, 4.69) is 4.98 Å². The number of carbonyl (C=O) groups is 2. The Balaban J connectivity index is 1.54. The molecule has 2 aromatic heterocycles. The number of para-hydroxylation sites is 2. The third-order valence-corrected chi connectivity index (χ3v) is 4.55. The number of nitrogens with one attached hydrogen (secondary N) is 1. The lowest BCUT2D eigenvalue weighted by molar-refractivity contribution is -0.144. The summed E-state index contributed by atoms with van der Waals surface area (Å²) in [5.41, 5.74) is 2.90. The molecule has 0 fully saturated rings. The maximum Gasteiger partial charge on any atom is 0.374 e. The summed E-state index contributed by atoms with van der Waals surface area (Å²) in [6, 6.07) is 15.0. The van der Waals surface area contributed by atoms with Gasteiger partial charge in [-0.3, -0.25) is 4.79 Å². The number of H-pyrrole nitrogens is 1. The molecule has 0 saturated heterocycles. The fourth-order valence-corrected chi connectivity index (χ4v) is 3.24. The van der Waals surface area contributed by atoms with Crippen molar-refractivity contribution in [3.63, 3.8) is 0 Å². The molecule has 0 aliphatic heterocycles. The molecule has 6 nitrogen and oxygen atoms in total. The highest BCUT2D eigenvalue weighted by Gasteiger charge is 2.23. The van der Waals surface area contributed by atoms with Crippen LogP contribution in [0.3, 0.4) is 0 Å². The minimum atomic E-state index is -0.568. The predicted molar refractivity (Wildman–Crippen MR) is 104 cm³/mol. The quantitative estimate of drug-likeness (QED) is 0.505. The Bertz CT molecular complexity index is 1150. The molecule has 0 atom stereocenters. The van der Waals surface area contributed by atoms with Crippen LogP contribution in [0, 0.1) is 0 Å². The molecule has 0 aliphatic rings. The minimum Gasteiger partial charge on any atom is -0.460 e. The van der Waals surface area contributed by atoms with Gasteiger partial charge in [-0.2, -0.15) is 0 Å². The van der Waals surface area contributed by atoms with E-state index in [1.165, 1.54) is 0 Å². The summed E-state index contributed by atoms with van der Waals surface area (Å²) in [5.74, 6) is -0.880. The van der Waals surface area contributed by atoms with Gasteiger partial charge in [0.15, 0.2) is 0 Å². The van der Waals surface area contributed by atoms with E-state index in [1.807, 2.05) is 48.7 Å². The molecule has 142 valence electrons. The Morgan fingerprint density at radius 1 is 1.00 bits per heavy atom. The normalized spacial score (nSPS) is 11.0. The summed E-state index contributed by atoms with van der Waals surface area (Å²) in [6.07, 6.45) is 1.94. The molecule has 0 aliphatic carbocycles. The summed E-state index contributed by atoms with van der Waals surface area (Å²) in [7, 11) is 0. The van der Waals surface area contributed by atoms with Crippen LogP contribution in [0.4, 0.5) is 0 Å². The maximum atomic E-state index is 12.4. The molecular weight excluding hydrogens is 358 g/mol. The second-order valence-corrected chi connectivity index (χ2v) is 6.32. The van der Waals surface area contributed by atoms with Crippen molar-refractivity contribution in [1.82, 2.24) is 4.98 Å². The number of aromatic amines is 1. The van der Waals surface area contributed by atoms with Crippen LogP contribution < -0.4 is 0 Å². The number of hydrogen-bond acceptors (Lipinski definition) is 5. The first kappa shape index (κ1) is 17.9. The molecule has 0 amide bonds. The number of ether oxygens (including phenoxy) is 2. The molecule has 4 rings (SSSR count). The Morgan fingerprint density at radius 3 is 2.57 bits per heavy atom. The van der Waals surface area contributed by atoms with Crippen LogP contribution in [0.2, 0.25) is 0 Å². The Hall–Kier alpha value is -3.54. The SMILES string of the molecule is CCOC(=O)c1oc2ccccc2c1COC(=O)Cc1c[nH]c2ccccc12. The minimum absolute atomic E-state index is 0.0631. The topological polar surface area (TPSA) is 81.5 Å². The second kappa shape index (κ2) is 7.60. The van der Waals surface area contributed by atoms with Gasteiger partial charge in [-0.05, 0) is 24.6 Å². The fourth-order valence-electron chi connectivity index (χ4n) is 3.24. The summed E-state index contributed by atoms with van der Waals surface area (Å²) in [4.78, 5) is 27.8. The van der Waals surface area contributed by atoms with E-state index >= 15 is 0 Å². The Morgan fingerprint density at radius 2 is 1.75 bits per heavy atom. The molecule has 0 unspecified atom stereocenters. The first-order valence-corrected chi connectivity index (χ1v) is 9.05. The molecule has 0 spiro atoms. The number of aromatic nitrogens is 1. The Kier molecular flexibility index (Phi) is 4.85.